The van der Waals surface area contributed by atoms with Crippen molar-refractivity contribution in [3.8, 4) is 0 Å². The number of hydrogen-bond acceptors (Lipinski definition) is 1. The second-order valence-electron chi connectivity index (χ2n) is 3.59. The molecule has 2 aromatic carbocycles. The first kappa shape index (κ1) is 12.9. The third-order valence-corrected chi connectivity index (χ3v) is 2.33. The number of benzene rings is 2. The van der Waals surface area contributed by atoms with Gasteiger partial charge in [0.2, 0.25) is 0 Å². The normalized spacial score (nSPS) is 9.00. The van der Waals surface area contributed by atoms with E-state index in [-0.39, 0.29) is 5.78 Å². The average molecular weight is 224 g/mol. The molecule has 0 N–H and O–H groups in total. The lowest BCUT2D eigenvalue weighted by molar-refractivity contribution is -0.112. The maximum atomic E-state index is 9.69. The summed E-state index contributed by atoms with van der Waals surface area (Å²) >= 11 is 0. The zero-order valence-electron chi connectivity index (χ0n) is 10.0. The van der Waals surface area contributed by atoms with Crippen LogP contribution in [0.1, 0.15) is 12.5 Å². The van der Waals surface area contributed by atoms with Crippen LogP contribution in [-0.2, 0) is 4.79 Å². The van der Waals surface area contributed by atoms with Crippen molar-refractivity contribution in [2.75, 3.05) is 0 Å². The highest BCUT2D eigenvalue weighted by Gasteiger charge is 1.93. The second kappa shape index (κ2) is 6.44. The molecular weight excluding hydrogens is 208 g/mol. The summed E-state index contributed by atoms with van der Waals surface area (Å²) in [6.45, 7) is 8.46. The number of hydrogen-bond donors (Lipinski definition) is 0. The number of carbonyl (C=O) groups is 1. The molecule has 86 valence electrons. The van der Waals surface area contributed by atoms with Gasteiger partial charge in [0, 0.05) is 0 Å². The summed E-state index contributed by atoms with van der Waals surface area (Å²) in [7, 11) is 0. The summed E-state index contributed by atoms with van der Waals surface area (Å²) in [5, 5.41) is 2.55. The summed E-state index contributed by atoms with van der Waals surface area (Å²) in [6, 6.07) is 14.6. The Kier molecular flexibility index (Phi) is 4.89. The summed E-state index contributed by atoms with van der Waals surface area (Å²) < 4.78 is 0. The molecule has 0 saturated carbocycles. The average Bonchev–Trinajstić information content (AvgIpc) is 2.38. The van der Waals surface area contributed by atoms with Gasteiger partial charge in [-0.2, -0.15) is 0 Å². The summed E-state index contributed by atoms with van der Waals surface area (Å²) in [5.74, 6) is 0.0185. The standard InChI is InChI=1S/C12H10.C4H6O/c1-2-10-7-5-8-11-6-3-4-9-12(10)11;1-3-4(2)5/h2-9H,1H2;3H,1H2,2H3. The van der Waals surface area contributed by atoms with Crippen LogP contribution >= 0.6 is 0 Å². The predicted octanol–water partition coefficient (Wildman–Crippen LogP) is 4.24. The first-order valence-electron chi connectivity index (χ1n) is 5.42. The molecule has 0 spiro atoms. The highest BCUT2D eigenvalue weighted by Crippen LogP contribution is 2.18. The monoisotopic (exact) mass is 224 g/mol. The van der Waals surface area contributed by atoms with Crippen molar-refractivity contribution >= 4 is 22.6 Å². The molecule has 2 aromatic rings. The predicted molar refractivity (Wildman–Crippen MR) is 74.9 cm³/mol. The quantitative estimate of drug-likeness (QED) is 0.697. The molecule has 0 atom stereocenters. The van der Waals surface area contributed by atoms with E-state index < -0.39 is 0 Å². The fourth-order valence-corrected chi connectivity index (χ4v) is 1.43. The summed E-state index contributed by atoms with van der Waals surface area (Å²) in [6.07, 6.45) is 3.17. The Morgan fingerprint density at radius 2 is 1.65 bits per heavy atom. The van der Waals surface area contributed by atoms with Gasteiger partial charge >= 0.3 is 0 Å². The van der Waals surface area contributed by atoms with Crippen molar-refractivity contribution in [1.29, 1.82) is 0 Å². The first-order chi connectivity index (χ1) is 8.19. The smallest absolute Gasteiger partial charge is 0.152 e. The van der Waals surface area contributed by atoms with E-state index in [1.807, 2.05) is 6.08 Å². The fraction of sp³-hybridized carbons (Fsp3) is 0.0625. The first-order valence-corrected chi connectivity index (χ1v) is 5.42. The lowest BCUT2D eigenvalue weighted by Gasteiger charge is -1.99. The fourth-order valence-electron chi connectivity index (χ4n) is 1.43. The van der Waals surface area contributed by atoms with Crippen LogP contribution < -0.4 is 0 Å². The van der Waals surface area contributed by atoms with Crippen molar-refractivity contribution < 1.29 is 4.79 Å². The third kappa shape index (κ3) is 3.72. The van der Waals surface area contributed by atoms with E-state index in [4.69, 9.17) is 0 Å². The topological polar surface area (TPSA) is 17.1 Å². The van der Waals surface area contributed by atoms with Gasteiger partial charge in [-0.25, -0.2) is 0 Å². The molecule has 0 heterocycles. The van der Waals surface area contributed by atoms with Gasteiger partial charge in [-0.1, -0.05) is 61.7 Å². The molecule has 0 bridgehead atoms. The maximum Gasteiger partial charge on any atom is 0.152 e. The van der Waals surface area contributed by atoms with Crippen LogP contribution in [0.4, 0.5) is 0 Å². The van der Waals surface area contributed by atoms with Crippen molar-refractivity contribution in [3.63, 3.8) is 0 Å². The Morgan fingerprint density at radius 1 is 1.06 bits per heavy atom. The Balaban J connectivity index is 0.000000249. The molecule has 0 radical (unpaired) electrons. The Morgan fingerprint density at radius 3 is 2.24 bits per heavy atom. The molecule has 17 heavy (non-hydrogen) atoms. The van der Waals surface area contributed by atoms with E-state index in [1.165, 1.54) is 29.3 Å². The van der Waals surface area contributed by atoms with Gasteiger partial charge < -0.3 is 0 Å². The zero-order chi connectivity index (χ0) is 12.7. The van der Waals surface area contributed by atoms with Gasteiger partial charge in [-0.05, 0) is 29.3 Å². The molecule has 1 nitrogen and oxygen atoms in total. The number of fused-ring (bicyclic) bond motifs is 1. The molecule has 0 aliphatic heterocycles. The minimum absolute atomic E-state index is 0.0185. The molecule has 2 rings (SSSR count). The molecule has 0 fully saturated rings. The number of carbonyl (C=O) groups excluding carboxylic acids is 1. The zero-order valence-corrected chi connectivity index (χ0v) is 10.0. The van der Waals surface area contributed by atoms with Crippen LogP contribution in [0.3, 0.4) is 0 Å². The van der Waals surface area contributed by atoms with E-state index in [2.05, 4.69) is 55.6 Å². The van der Waals surface area contributed by atoms with E-state index in [1.54, 1.807) is 0 Å². The van der Waals surface area contributed by atoms with Crippen LogP contribution in [0, 0.1) is 0 Å². The molecule has 1 heteroatoms. The number of ketones is 1. The van der Waals surface area contributed by atoms with Crippen molar-refractivity contribution in [2.45, 2.75) is 6.92 Å². The molecule has 0 unspecified atom stereocenters. The Bertz CT molecular complexity index is 533. The lowest BCUT2D eigenvalue weighted by Crippen LogP contribution is -1.75. The minimum Gasteiger partial charge on any atom is -0.295 e. The summed E-state index contributed by atoms with van der Waals surface area (Å²) in [4.78, 5) is 9.69. The van der Waals surface area contributed by atoms with Gasteiger partial charge in [0.25, 0.3) is 0 Å². The summed E-state index contributed by atoms with van der Waals surface area (Å²) in [5.41, 5.74) is 1.20. The molecule has 0 aliphatic carbocycles. The van der Waals surface area contributed by atoms with Gasteiger partial charge in [-0.15, -0.1) is 0 Å². The Hall–Kier alpha value is -2.15. The van der Waals surface area contributed by atoms with E-state index in [9.17, 15) is 4.79 Å². The van der Waals surface area contributed by atoms with Crippen LogP contribution in [0.5, 0.6) is 0 Å². The van der Waals surface area contributed by atoms with Crippen molar-refractivity contribution in [1.82, 2.24) is 0 Å². The van der Waals surface area contributed by atoms with Crippen molar-refractivity contribution in [3.05, 3.63) is 67.3 Å². The lowest BCUT2D eigenvalue weighted by atomic mass is 10.1. The van der Waals surface area contributed by atoms with Gasteiger partial charge in [-0.3, -0.25) is 4.79 Å². The maximum absolute atomic E-state index is 9.69. The second-order valence-corrected chi connectivity index (χ2v) is 3.59. The Labute approximate surface area is 102 Å². The van der Waals surface area contributed by atoms with E-state index in [0.717, 1.165) is 0 Å². The van der Waals surface area contributed by atoms with Crippen molar-refractivity contribution in [2.24, 2.45) is 0 Å². The van der Waals surface area contributed by atoms with Gasteiger partial charge in [0.05, 0.1) is 0 Å². The number of allylic oxidation sites excluding steroid dienone is 1. The SMILES string of the molecule is C=CC(C)=O.C=Cc1cccc2ccccc12. The van der Waals surface area contributed by atoms with Crippen LogP contribution in [-0.4, -0.2) is 5.78 Å². The molecule has 0 aromatic heterocycles. The molecule has 0 amide bonds. The van der Waals surface area contributed by atoms with Crippen LogP contribution in [0.2, 0.25) is 0 Å². The third-order valence-electron chi connectivity index (χ3n) is 2.33. The number of rotatable bonds is 2. The highest BCUT2D eigenvalue weighted by molar-refractivity contribution is 5.90. The van der Waals surface area contributed by atoms with E-state index in [0.29, 0.717) is 0 Å². The molecule has 0 aliphatic rings. The largest absolute Gasteiger partial charge is 0.295 e. The molecular formula is C16H16O. The van der Waals surface area contributed by atoms with Gasteiger partial charge in [0.15, 0.2) is 5.78 Å². The van der Waals surface area contributed by atoms with Crippen LogP contribution in [0.15, 0.2) is 61.7 Å². The van der Waals surface area contributed by atoms with Gasteiger partial charge in [0.1, 0.15) is 0 Å². The minimum atomic E-state index is 0.0185. The highest BCUT2D eigenvalue weighted by atomic mass is 16.1. The molecule has 0 saturated heterocycles. The van der Waals surface area contributed by atoms with E-state index >= 15 is 0 Å². The van der Waals surface area contributed by atoms with Crippen LogP contribution in [0.25, 0.3) is 16.8 Å².